The number of phenols is 1. The van der Waals surface area contributed by atoms with E-state index >= 15 is 0 Å². The number of aromatic nitrogens is 1. The van der Waals surface area contributed by atoms with E-state index in [0.717, 1.165) is 41.8 Å². The van der Waals surface area contributed by atoms with Crippen LogP contribution in [0, 0.1) is 5.41 Å². The van der Waals surface area contributed by atoms with Crippen molar-refractivity contribution in [3.8, 4) is 11.5 Å². The number of benzene rings is 2. The lowest BCUT2D eigenvalue weighted by Crippen LogP contribution is -2.44. The number of hydrogen-bond acceptors (Lipinski definition) is 6. The molecule has 2 heterocycles. The second-order valence-electron chi connectivity index (χ2n) is 8.69. The third-order valence-electron chi connectivity index (χ3n) is 6.73. The maximum absolute atomic E-state index is 13.6. The van der Waals surface area contributed by atoms with Gasteiger partial charge >= 0.3 is 0 Å². The van der Waals surface area contributed by atoms with Gasteiger partial charge in [0.1, 0.15) is 11.5 Å². The number of phenolic OH excluding ortho intramolecular Hbond substituents is 1. The Morgan fingerprint density at radius 2 is 1.94 bits per heavy atom. The molecule has 2 aliphatic rings. The number of amides is 1. The van der Waals surface area contributed by atoms with Crippen molar-refractivity contribution < 1.29 is 14.6 Å². The highest BCUT2D eigenvalue weighted by atomic mass is 16.5. The molecule has 1 saturated carbocycles. The van der Waals surface area contributed by atoms with Crippen molar-refractivity contribution in [1.29, 1.82) is 5.41 Å². The maximum atomic E-state index is 13.6. The molecule has 0 unspecified atom stereocenters. The van der Waals surface area contributed by atoms with Crippen LogP contribution < -0.4 is 15.0 Å². The van der Waals surface area contributed by atoms with Crippen LogP contribution in [0.5, 0.6) is 11.5 Å². The lowest BCUT2D eigenvalue weighted by Gasteiger charge is -2.37. The zero-order valence-electron chi connectivity index (χ0n) is 18.9. The van der Waals surface area contributed by atoms with Gasteiger partial charge in [-0.1, -0.05) is 18.6 Å². The molecule has 5 rings (SSSR count). The molecule has 2 aromatic carbocycles. The van der Waals surface area contributed by atoms with E-state index in [-0.39, 0.29) is 17.4 Å². The first-order valence-electron chi connectivity index (χ1n) is 11.3. The molecule has 0 atom stereocenters. The van der Waals surface area contributed by atoms with Crippen LogP contribution in [0.15, 0.2) is 73.2 Å². The summed E-state index contributed by atoms with van der Waals surface area (Å²) < 4.78 is 5.23. The SMILES string of the molecule is COc1ccc(CN2C(=O)C3(CCC3)c3cc(C(=N)/C=C\Nc4ccncc4)cc(O)c32)cc1. The summed E-state index contributed by atoms with van der Waals surface area (Å²) in [6.45, 7) is 0.373. The van der Waals surface area contributed by atoms with Crippen LogP contribution in [0.25, 0.3) is 0 Å². The zero-order chi connectivity index (χ0) is 23.7. The highest BCUT2D eigenvalue weighted by Crippen LogP contribution is 2.56. The van der Waals surface area contributed by atoms with Crippen LogP contribution in [0.2, 0.25) is 0 Å². The summed E-state index contributed by atoms with van der Waals surface area (Å²) in [6.07, 6.45) is 9.18. The van der Waals surface area contributed by atoms with E-state index < -0.39 is 5.41 Å². The van der Waals surface area contributed by atoms with E-state index in [1.165, 1.54) is 0 Å². The number of nitrogens with zero attached hydrogens (tertiary/aromatic N) is 2. The van der Waals surface area contributed by atoms with Gasteiger partial charge in [-0.3, -0.25) is 9.78 Å². The van der Waals surface area contributed by atoms with E-state index in [2.05, 4.69) is 10.3 Å². The summed E-state index contributed by atoms with van der Waals surface area (Å²) in [7, 11) is 1.62. The second-order valence-corrected chi connectivity index (χ2v) is 8.69. The van der Waals surface area contributed by atoms with Gasteiger partial charge in [-0.15, -0.1) is 0 Å². The predicted octanol–water partition coefficient (Wildman–Crippen LogP) is 4.76. The minimum atomic E-state index is -0.603. The molecule has 7 heteroatoms. The van der Waals surface area contributed by atoms with Crippen molar-refractivity contribution in [1.82, 2.24) is 4.98 Å². The monoisotopic (exact) mass is 454 g/mol. The molecule has 34 heavy (non-hydrogen) atoms. The Labute approximate surface area is 198 Å². The van der Waals surface area contributed by atoms with Gasteiger partial charge in [0.2, 0.25) is 5.91 Å². The minimum Gasteiger partial charge on any atom is -0.506 e. The molecule has 1 aliphatic heterocycles. The number of allylic oxidation sites excluding steroid dienone is 1. The number of rotatable bonds is 7. The summed E-state index contributed by atoms with van der Waals surface area (Å²) in [5, 5.41) is 22.6. The van der Waals surface area contributed by atoms with Crippen LogP contribution in [0.1, 0.15) is 36.0 Å². The molecular weight excluding hydrogens is 428 g/mol. The summed E-state index contributed by atoms with van der Waals surface area (Å²) in [5.41, 5.74) is 3.43. The standard InChI is InChI=1S/C27H26N4O3/c1-34-21-5-3-18(4-6-21)17-31-25-22(27(26(31)33)10-2-11-27)15-19(16-24(25)32)23(28)9-14-30-20-7-12-29-13-8-20/h3-9,12-16,28,32H,2,10-11,17H2,1H3,(H,29,30)/b14-9-,28-23?. The first-order valence-corrected chi connectivity index (χ1v) is 11.3. The summed E-state index contributed by atoms with van der Waals surface area (Å²) in [5.74, 6) is 0.807. The first-order chi connectivity index (χ1) is 16.5. The van der Waals surface area contributed by atoms with Crippen LogP contribution in [-0.4, -0.2) is 28.8 Å². The fourth-order valence-electron chi connectivity index (χ4n) is 4.74. The molecule has 1 fully saturated rings. The van der Waals surface area contributed by atoms with E-state index in [1.54, 1.807) is 42.7 Å². The summed E-state index contributed by atoms with van der Waals surface area (Å²) in [6, 6.07) is 14.7. The Morgan fingerprint density at radius 3 is 2.59 bits per heavy atom. The Bertz CT molecular complexity index is 1270. The van der Waals surface area contributed by atoms with Crippen molar-refractivity contribution in [2.75, 3.05) is 17.3 Å². The molecule has 1 amide bonds. The van der Waals surface area contributed by atoms with Crippen molar-refractivity contribution in [2.45, 2.75) is 31.2 Å². The fourth-order valence-corrected chi connectivity index (χ4v) is 4.74. The van der Waals surface area contributed by atoms with Crippen molar-refractivity contribution in [3.05, 3.63) is 89.9 Å². The quantitative estimate of drug-likeness (QED) is 0.447. The largest absolute Gasteiger partial charge is 0.506 e. The minimum absolute atomic E-state index is 0.0263. The van der Waals surface area contributed by atoms with Gasteiger partial charge in [-0.2, -0.15) is 0 Å². The number of fused-ring (bicyclic) bond motifs is 2. The lowest BCUT2D eigenvalue weighted by atomic mass is 9.65. The Balaban J connectivity index is 1.44. The highest BCUT2D eigenvalue weighted by molar-refractivity contribution is 6.13. The van der Waals surface area contributed by atoms with Crippen molar-refractivity contribution in [3.63, 3.8) is 0 Å². The average Bonchev–Trinajstić information content (AvgIpc) is 3.08. The fraction of sp³-hybridized carbons (Fsp3) is 0.222. The third kappa shape index (κ3) is 3.69. The Hall–Kier alpha value is -4.13. The van der Waals surface area contributed by atoms with Crippen LogP contribution in [0.3, 0.4) is 0 Å². The van der Waals surface area contributed by atoms with E-state index in [4.69, 9.17) is 10.1 Å². The number of ether oxygens (including phenoxy) is 1. The number of nitrogens with one attached hydrogen (secondary N) is 2. The lowest BCUT2D eigenvalue weighted by molar-refractivity contribution is -0.126. The van der Waals surface area contributed by atoms with Gasteiger partial charge in [-0.05, 0) is 66.4 Å². The predicted molar refractivity (Wildman–Crippen MR) is 132 cm³/mol. The zero-order valence-corrected chi connectivity index (χ0v) is 18.9. The van der Waals surface area contributed by atoms with Gasteiger partial charge in [0, 0.05) is 29.8 Å². The smallest absolute Gasteiger partial charge is 0.238 e. The van der Waals surface area contributed by atoms with Gasteiger partial charge < -0.3 is 25.5 Å². The number of methoxy groups -OCH3 is 1. The number of aromatic hydroxyl groups is 1. The molecule has 7 nitrogen and oxygen atoms in total. The third-order valence-corrected chi connectivity index (χ3v) is 6.73. The van der Waals surface area contributed by atoms with Crippen LogP contribution in [-0.2, 0) is 16.8 Å². The Morgan fingerprint density at radius 1 is 1.21 bits per heavy atom. The molecule has 3 N–H and O–H groups in total. The van der Waals surface area contributed by atoms with E-state index in [9.17, 15) is 9.90 Å². The molecule has 1 aromatic heterocycles. The van der Waals surface area contributed by atoms with Gasteiger partial charge in [-0.25, -0.2) is 0 Å². The highest BCUT2D eigenvalue weighted by Gasteiger charge is 2.55. The molecule has 3 aromatic rings. The van der Waals surface area contributed by atoms with Crippen molar-refractivity contribution in [2.24, 2.45) is 0 Å². The number of anilines is 2. The van der Waals surface area contributed by atoms with E-state index in [0.29, 0.717) is 17.8 Å². The molecule has 172 valence electrons. The number of pyridine rings is 1. The molecule has 0 radical (unpaired) electrons. The number of hydrogen-bond donors (Lipinski definition) is 3. The molecule has 1 aliphatic carbocycles. The summed E-state index contributed by atoms with van der Waals surface area (Å²) >= 11 is 0. The molecule has 0 bridgehead atoms. The Kier molecular flexibility index (Phi) is 5.53. The number of carbonyl (C=O) groups is 1. The van der Waals surface area contributed by atoms with Gasteiger partial charge in [0.05, 0.1) is 30.5 Å². The molecular formula is C27H26N4O3. The maximum Gasteiger partial charge on any atom is 0.238 e. The van der Waals surface area contributed by atoms with Crippen LogP contribution >= 0.6 is 0 Å². The molecule has 0 saturated heterocycles. The van der Waals surface area contributed by atoms with E-state index in [1.807, 2.05) is 42.5 Å². The topological polar surface area (TPSA) is 98.5 Å². The normalized spacial score (nSPS) is 15.9. The average molecular weight is 455 g/mol. The molecule has 1 spiro atoms. The van der Waals surface area contributed by atoms with Crippen molar-refractivity contribution >= 4 is 23.0 Å². The summed E-state index contributed by atoms with van der Waals surface area (Å²) in [4.78, 5) is 19.2. The van der Waals surface area contributed by atoms with Gasteiger partial charge in [0.15, 0.2) is 0 Å². The van der Waals surface area contributed by atoms with Gasteiger partial charge in [0.25, 0.3) is 0 Å². The van der Waals surface area contributed by atoms with Crippen LogP contribution in [0.4, 0.5) is 11.4 Å². The second kappa shape index (κ2) is 8.67. The first kappa shape index (κ1) is 21.7. The number of carbonyl (C=O) groups excluding carboxylic acids is 1.